The van der Waals surface area contributed by atoms with Gasteiger partial charge >= 0.3 is 11.9 Å². The van der Waals surface area contributed by atoms with E-state index in [0.717, 1.165) is 52.8 Å². The second-order valence-corrected chi connectivity index (χ2v) is 13.8. The van der Waals surface area contributed by atoms with Crippen LogP contribution < -0.4 is 5.32 Å². The van der Waals surface area contributed by atoms with Gasteiger partial charge in [0.15, 0.2) is 12.4 Å². The molecular weight excluding hydrogens is 624 g/mol. The number of likely N-dealkylation sites (tertiary alicyclic amines) is 1. The van der Waals surface area contributed by atoms with E-state index in [2.05, 4.69) is 10.2 Å². The van der Waals surface area contributed by atoms with Crippen molar-refractivity contribution in [3.8, 4) is 11.1 Å². The first-order valence-electron chi connectivity index (χ1n) is 17.0. The summed E-state index contributed by atoms with van der Waals surface area (Å²) < 4.78 is 23.9. The Kier molecular flexibility index (Phi) is 11.9. The van der Waals surface area contributed by atoms with Gasteiger partial charge in [-0.2, -0.15) is 0 Å². The van der Waals surface area contributed by atoms with E-state index in [0.29, 0.717) is 19.5 Å². The van der Waals surface area contributed by atoms with Gasteiger partial charge in [0.05, 0.1) is 18.8 Å². The van der Waals surface area contributed by atoms with Gasteiger partial charge in [-0.15, -0.1) is 0 Å². The van der Waals surface area contributed by atoms with E-state index in [-0.39, 0.29) is 36.7 Å². The lowest BCUT2D eigenvalue weighted by molar-refractivity contribution is -0.253. The molecule has 2 saturated heterocycles. The second kappa shape index (κ2) is 16.1. The molecule has 0 unspecified atom stereocenters. The molecule has 5 atom stereocenters. The molecule has 3 aromatic rings. The monoisotopic (exact) mass is 672 g/mol. The minimum absolute atomic E-state index is 0.0274. The van der Waals surface area contributed by atoms with Gasteiger partial charge in [0, 0.05) is 32.0 Å². The first kappa shape index (κ1) is 36.2. The third kappa shape index (κ3) is 9.98. The largest absolute Gasteiger partial charge is 0.459 e. The van der Waals surface area contributed by atoms with Gasteiger partial charge in [-0.05, 0) is 81.0 Å². The van der Waals surface area contributed by atoms with Crippen molar-refractivity contribution in [1.82, 2.24) is 10.2 Å². The Morgan fingerprint density at radius 3 is 2.35 bits per heavy atom. The molecule has 5 rings (SSSR count). The zero-order valence-electron chi connectivity index (χ0n) is 29.0. The van der Waals surface area contributed by atoms with Crippen molar-refractivity contribution < 1.29 is 38.4 Å². The van der Waals surface area contributed by atoms with Crippen molar-refractivity contribution in [2.24, 2.45) is 0 Å². The number of rotatable bonds is 11. The number of ether oxygens (including phenoxy) is 4. The molecule has 0 saturated carbocycles. The van der Waals surface area contributed by atoms with Crippen LogP contribution >= 0.6 is 0 Å². The van der Waals surface area contributed by atoms with E-state index in [1.54, 1.807) is 6.92 Å². The maximum Gasteiger partial charge on any atom is 0.323 e. The van der Waals surface area contributed by atoms with Crippen LogP contribution in [0.3, 0.4) is 0 Å². The molecule has 2 fully saturated rings. The summed E-state index contributed by atoms with van der Waals surface area (Å²) in [6.07, 6.45) is 0.375. The normalized spacial score (nSPS) is 21.9. The summed E-state index contributed by atoms with van der Waals surface area (Å²) in [5.74, 6) is -1.05. The van der Waals surface area contributed by atoms with Crippen LogP contribution in [-0.4, -0.2) is 64.8 Å². The molecule has 0 radical (unpaired) electrons. The first-order valence-corrected chi connectivity index (χ1v) is 17.0. The fourth-order valence-corrected chi connectivity index (χ4v) is 6.30. The topological polar surface area (TPSA) is 124 Å². The van der Waals surface area contributed by atoms with E-state index in [4.69, 9.17) is 18.9 Å². The quantitative estimate of drug-likeness (QED) is 0.245. The average molecular weight is 673 g/mol. The standard InChI is InChI=1S/C39H48N2O8/c1-25(46-26(2)43)36(44)40-22-28-8-6-9-32(20-28)29-15-17-31(18-16-29)38-47-33(21-35(48-38)30-13-11-27(24-42)12-14-30)23-41-19-7-10-34(41)37(45)49-39(3,4)5/h6,8-9,11-18,20,25,33-35,38,42H,7,10,19,21-24H2,1-5H3,(H,40,44)/t25-,33+,34-,35-,38-/m0/s1. The maximum atomic E-state index is 13.1. The average Bonchev–Trinajstić information content (AvgIpc) is 3.54. The number of nitrogens with one attached hydrogen (secondary N) is 1. The Bertz CT molecular complexity index is 1580. The lowest BCUT2D eigenvalue weighted by Crippen LogP contribution is -2.45. The predicted octanol–water partition coefficient (Wildman–Crippen LogP) is 5.77. The molecule has 262 valence electrons. The Balaban J connectivity index is 1.30. The molecule has 10 nitrogen and oxygen atoms in total. The van der Waals surface area contributed by atoms with Gasteiger partial charge in [0.1, 0.15) is 11.6 Å². The highest BCUT2D eigenvalue weighted by Crippen LogP contribution is 2.39. The highest BCUT2D eigenvalue weighted by Gasteiger charge is 2.39. The number of carbonyl (C=O) groups is 3. The van der Waals surface area contributed by atoms with Gasteiger partial charge in [-0.25, -0.2) is 0 Å². The lowest BCUT2D eigenvalue weighted by Gasteiger charge is -2.38. The number of aliphatic hydroxyl groups excluding tert-OH is 1. The molecule has 0 bridgehead atoms. The van der Waals surface area contributed by atoms with Crippen molar-refractivity contribution in [3.05, 3.63) is 95.1 Å². The summed E-state index contributed by atoms with van der Waals surface area (Å²) in [5.41, 5.74) is 5.05. The second-order valence-electron chi connectivity index (χ2n) is 13.8. The van der Waals surface area contributed by atoms with Crippen LogP contribution in [0, 0.1) is 0 Å². The van der Waals surface area contributed by atoms with Crippen molar-refractivity contribution in [2.75, 3.05) is 13.1 Å². The molecule has 49 heavy (non-hydrogen) atoms. The van der Waals surface area contributed by atoms with Crippen molar-refractivity contribution in [1.29, 1.82) is 0 Å². The third-order valence-electron chi connectivity index (χ3n) is 8.72. The minimum atomic E-state index is -0.863. The number of benzene rings is 3. The van der Waals surface area contributed by atoms with E-state index in [1.807, 2.05) is 93.6 Å². The van der Waals surface area contributed by atoms with E-state index < -0.39 is 24.0 Å². The zero-order chi connectivity index (χ0) is 35.1. The number of carbonyl (C=O) groups excluding carboxylic acids is 3. The zero-order valence-corrected chi connectivity index (χ0v) is 29.0. The summed E-state index contributed by atoms with van der Waals surface area (Å²) in [6, 6.07) is 23.4. The molecule has 1 amide bonds. The third-order valence-corrected chi connectivity index (χ3v) is 8.72. The highest BCUT2D eigenvalue weighted by molar-refractivity contribution is 5.83. The van der Waals surface area contributed by atoms with E-state index >= 15 is 0 Å². The van der Waals surface area contributed by atoms with Crippen LogP contribution in [0.15, 0.2) is 72.8 Å². The Morgan fingerprint density at radius 2 is 1.67 bits per heavy atom. The lowest BCUT2D eigenvalue weighted by atomic mass is 9.98. The number of nitrogens with zero attached hydrogens (tertiary/aromatic N) is 1. The number of aliphatic hydroxyl groups is 1. The molecule has 10 heteroatoms. The van der Waals surface area contributed by atoms with Crippen LogP contribution in [0.25, 0.3) is 11.1 Å². The smallest absolute Gasteiger partial charge is 0.323 e. The van der Waals surface area contributed by atoms with Gasteiger partial charge in [0.25, 0.3) is 5.91 Å². The molecule has 2 heterocycles. The molecule has 3 aromatic carbocycles. The summed E-state index contributed by atoms with van der Waals surface area (Å²) in [7, 11) is 0. The number of hydrogen-bond acceptors (Lipinski definition) is 9. The van der Waals surface area contributed by atoms with Crippen molar-refractivity contribution >= 4 is 17.8 Å². The first-order chi connectivity index (χ1) is 23.4. The molecule has 0 spiro atoms. The van der Waals surface area contributed by atoms with Crippen LogP contribution in [0.1, 0.15) is 88.5 Å². The summed E-state index contributed by atoms with van der Waals surface area (Å²) >= 11 is 0. The molecule has 0 aromatic heterocycles. The molecule has 2 aliphatic heterocycles. The van der Waals surface area contributed by atoms with Crippen LogP contribution in [0.4, 0.5) is 0 Å². The molecule has 2 aliphatic rings. The number of amides is 1. The van der Waals surface area contributed by atoms with Crippen molar-refractivity contribution in [3.63, 3.8) is 0 Å². The van der Waals surface area contributed by atoms with Crippen LogP contribution in [-0.2, 0) is 46.5 Å². The number of esters is 2. The van der Waals surface area contributed by atoms with Gasteiger partial charge in [0.2, 0.25) is 0 Å². The molecule has 2 N–H and O–H groups in total. The summed E-state index contributed by atoms with van der Waals surface area (Å²) in [5, 5.41) is 12.4. The minimum Gasteiger partial charge on any atom is -0.459 e. The summed E-state index contributed by atoms with van der Waals surface area (Å²) in [4.78, 5) is 38.7. The fourth-order valence-electron chi connectivity index (χ4n) is 6.30. The maximum absolute atomic E-state index is 13.1. The van der Waals surface area contributed by atoms with Crippen LogP contribution in [0.5, 0.6) is 0 Å². The molecule has 0 aliphatic carbocycles. The fraction of sp³-hybridized carbons (Fsp3) is 0.462. The Labute approximate surface area is 288 Å². The van der Waals surface area contributed by atoms with Gasteiger partial charge < -0.3 is 29.4 Å². The molecular formula is C39H48N2O8. The van der Waals surface area contributed by atoms with E-state index in [9.17, 15) is 19.5 Å². The SMILES string of the molecule is CC(=O)O[C@@H](C)C(=O)NCc1cccc(-c2ccc([C@H]3O[C@@H](CN4CCC[C@H]4C(=O)OC(C)(C)C)C[C@@H](c4ccc(CO)cc4)O3)cc2)c1. The van der Waals surface area contributed by atoms with E-state index in [1.165, 1.54) is 6.92 Å². The van der Waals surface area contributed by atoms with Crippen LogP contribution in [0.2, 0.25) is 0 Å². The Hall–Kier alpha value is -4.09. The summed E-state index contributed by atoms with van der Waals surface area (Å²) in [6.45, 7) is 10.1. The highest BCUT2D eigenvalue weighted by atomic mass is 16.7. The van der Waals surface area contributed by atoms with Crippen molar-refractivity contribution in [2.45, 2.75) is 103 Å². The van der Waals surface area contributed by atoms with Gasteiger partial charge in [-0.1, -0.05) is 66.7 Å². The van der Waals surface area contributed by atoms with Gasteiger partial charge in [-0.3, -0.25) is 19.3 Å². The Morgan fingerprint density at radius 1 is 0.959 bits per heavy atom. The predicted molar refractivity (Wildman–Crippen MR) is 184 cm³/mol. The number of hydrogen-bond donors (Lipinski definition) is 2.